The van der Waals surface area contributed by atoms with E-state index in [0.29, 0.717) is 19.1 Å². The average Bonchev–Trinajstić information content (AvgIpc) is 3.25. The number of para-hydroxylation sites is 1. The number of hydrogen-bond donors (Lipinski definition) is 2. The molecule has 2 N–H and O–H groups in total. The second-order valence-electron chi connectivity index (χ2n) is 7.69. The highest BCUT2D eigenvalue weighted by molar-refractivity contribution is 5.85. The summed E-state index contributed by atoms with van der Waals surface area (Å²) in [7, 11) is 3.46. The normalized spacial score (nSPS) is 16.8. The van der Waals surface area contributed by atoms with Gasteiger partial charge in [-0.05, 0) is 30.2 Å². The van der Waals surface area contributed by atoms with Gasteiger partial charge < -0.3 is 29.7 Å². The SMILES string of the molecule is CN(C)C(=O)CN=C(NCCc1ccc2c(c1)OCO2)NC1CCOc2ccccc21. The molecule has 1 unspecified atom stereocenters. The smallest absolute Gasteiger partial charge is 0.243 e. The van der Waals surface area contributed by atoms with Crippen molar-refractivity contribution in [2.24, 2.45) is 4.99 Å². The molecule has 2 aromatic carbocycles. The molecule has 0 saturated heterocycles. The van der Waals surface area contributed by atoms with Crippen LogP contribution in [0, 0.1) is 0 Å². The van der Waals surface area contributed by atoms with Gasteiger partial charge in [0.1, 0.15) is 12.3 Å². The third-order valence-corrected chi connectivity index (χ3v) is 5.28. The average molecular weight is 425 g/mol. The summed E-state index contributed by atoms with van der Waals surface area (Å²) in [6.45, 7) is 1.64. The first-order valence-electron chi connectivity index (χ1n) is 10.5. The lowest BCUT2D eigenvalue weighted by Gasteiger charge is -2.28. The summed E-state index contributed by atoms with van der Waals surface area (Å²) >= 11 is 0. The number of rotatable bonds is 6. The number of benzene rings is 2. The summed E-state index contributed by atoms with van der Waals surface area (Å²) < 4.78 is 16.6. The lowest BCUT2D eigenvalue weighted by atomic mass is 10.0. The Labute approximate surface area is 182 Å². The minimum atomic E-state index is -0.0516. The van der Waals surface area contributed by atoms with E-state index in [0.717, 1.165) is 41.2 Å². The molecule has 0 radical (unpaired) electrons. The zero-order valence-corrected chi connectivity index (χ0v) is 17.9. The van der Waals surface area contributed by atoms with Crippen LogP contribution in [0.2, 0.25) is 0 Å². The van der Waals surface area contributed by atoms with Crippen molar-refractivity contribution in [1.29, 1.82) is 0 Å². The number of aliphatic imine (C=N–C) groups is 1. The topological polar surface area (TPSA) is 84.4 Å². The number of nitrogens with one attached hydrogen (secondary N) is 2. The monoisotopic (exact) mass is 424 g/mol. The maximum Gasteiger partial charge on any atom is 0.243 e. The van der Waals surface area contributed by atoms with Crippen molar-refractivity contribution >= 4 is 11.9 Å². The van der Waals surface area contributed by atoms with E-state index in [9.17, 15) is 4.79 Å². The molecule has 8 nitrogen and oxygen atoms in total. The molecule has 31 heavy (non-hydrogen) atoms. The summed E-state index contributed by atoms with van der Waals surface area (Å²) in [6.07, 6.45) is 1.60. The highest BCUT2D eigenvalue weighted by Crippen LogP contribution is 2.33. The summed E-state index contributed by atoms with van der Waals surface area (Å²) in [4.78, 5) is 18.1. The van der Waals surface area contributed by atoms with Crippen LogP contribution < -0.4 is 24.8 Å². The lowest BCUT2D eigenvalue weighted by molar-refractivity contribution is -0.127. The van der Waals surface area contributed by atoms with Crippen molar-refractivity contribution in [2.75, 3.05) is 40.6 Å². The molecule has 2 aliphatic heterocycles. The molecule has 0 aromatic heterocycles. The molecule has 0 aliphatic carbocycles. The van der Waals surface area contributed by atoms with Crippen LogP contribution >= 0.6 is 0 Å². The first kappa shape index (κ1) is 20.8. The van der Waals surface area contributed by atoms with Crippen LogP contribution in [-0.2, 0) is 11.2 Å². The Morgan fingerprint density at radius 3 is 2.81 bits per heavy atom. The van der Waals surface area contributed by atoms with E-state index < -0.39 is 0 Å². The van der Waals surface area contributed by atoms with Crippen molar-refractivity contribution in [3.05, 3.63) is 53.6 Å². The maximum atomic E-state index is 12.1. The van der Waals surface area contributed by atoms with Gasteiger partial charge in [-0.25, -0.2) is 4.99 Å². The third-order valence-electron chi connectivity index (χ3n) is 5.28. The van der Waals surface area contributed by atoms with Gasteiger partial charge in [-0.3, -0.25) is 4.79 Å². The summed E-state index contributed by atoms with van der Waals surface area (Å²) in [6, 6.07) is 14.0. The molecule has 2 aliphatic rings. The molecular formula is C23H28N4O4. The van der Waals surface area contributed by atoms with Gasteiger partial charge in [-0.1, -0.05) is 24.3 Å². The standard InChI is InChI=1S/C23H28N4O4/c1-27(2)22(28)14-25-23(26-18-10-12-29-19-6-4-3-5-17(18)19)24-11-9-16-7-8-20-21(13-16)31-15-30-20/h3-8,13,18H,9-12,14-15H2,1-2H3,(H2,24,25,26). The van der Waals surface area contributed by atoms with Gasteiger partial charge in [-0.2, -0.15) is 0 Å². The second kappa shape index (κ2) is 9.59. The number of guanidine groups is 1. The Morgan fingerprint density at radius 1 is 1.10 bits per heavy atom. The molecule has 0 saturated carbocycles. The third kappa shape index (κ3) is 5.20. The van der Waals surface area contributed by atoms with Crippen molar-refractivity contribution in [2.45, 2.75) is 18.9 Å². The van der Waals surface area contributed by atoms with Gasteiger partial charge in [0.25, 0.3) is 0 Å². The molecule has 0 spiro atoms. The predicted molar refractivity (Wildman–Crippen MR) is 118 cm³/mol. The van der Waals surface area contributed by atoms with Gasteiger partial charge in [-0.15, -0.1) is 0 Å². The van der Waals surface area contributed by atoms with Gasteiger partial charge in [0.15, 0.2) is 17.5 Å². The Kier molecular flexibility index (Phi) is 6.45. The minimum Gasteiger partial charge on any atom is -0.493 e. The molecule has 0 bridgehead atoms. The molecule has 0 fully saturated rings. The van der Waals surface area contributed by atoms with Gasteiger partial charge in [0, 0.05) is 32.6 Å². The summed E-state index contributed by atoms with van der Waals surface area (Å²) in [5.74, 6) is 3.00. The van der Waals surface area contributed by atoms with Gasteiger partial charge in [0.2, 0.25) is 12.7 Å². The fourth-order valence-corrected chi connectivity index (χ4v) is 3.52. The van der Waals surface area contributed by atoms with Gasteiger partial charge >= 0.3 is 0 Å². The fraction of sp³-hybridized carbons (Fsp3) is 0.391. The first-order chi connectivity index (χ1) is 15.1. The highest BCUT2D eigenvalue weighted by atomic mass is 16.7. The predicted octanol–water partition coefficient (Wildman–Crippen LogP) is 2.10. The number of hydrogen-bond acceptors (Lipinski definition) is 5. The quantitative estimate of drug-likeness (QED) is 0.546. The molecule has 1 amide bonds. The van der Waals surface area contributed by atoms with E-state index in [1.807, 2.05) is 36.4 Å². The Balaban J connectivity index is 1.42. The van der Waals surface area contributed by atoms with Crippen LogP contribution in [0.3, 0.4) is 0 Å². The second-order valence-corrected chi connectivity index (χ2v) is 7.69. The zero-order chi connectivity index (χ0) is 21.6. The number of amides is 1. The number of fused-ring (bicyclic) bond motifs is 2. The largest absolute Gasteiger partial charge is 0.493 e. The molecule has 1 atom stereocenters. The lowest BCUT2D eigenvalue weighted by Crippen LogP contribution is -2.42. The molecule has 2 heterocycles. The number of nitrogens with zero attached hydrogens (tertiary/aromatic N) is 2. The van der Waals surface area contributed by atoms with Crippen LogP contribution in [0.5, 0.6) is 17.2 Å². The van der Waals surface area contributed by atoms with Gasteiger partial charge in [0.05, 0.1) is 12.6 Å². The fourth-order valence-electron chi connectivity index (χ4n) is 3.52. The van der Waals surface area contributed by atoms with Crippen LogP contribution in [0.25, 0.3) is 0 Å². The number of carbonyl (C=O) groups is 1. The Morgan fingerprint density at radius 2 is 1.94 bits per heavy atom. The number of ether oxygens (including phenoxy) is 3. The minimum absolute atomic E-state index is 0.0516. The highest BCUT2D eigenvalue weighted by Gasteiger charge is 2.22. The van der Waals surface area contributed by atoms with E-state index in [4.69, 9.17) is 14.2 Å². The zero-order valence-electron chi connectivity index (χ0n) is 17.9. The molecule has 8 heteroatoms. The van der Waals surface area contributed by atoms with Crippen LogP contribution in [0.1, 0.15) is 23.6 Å². The van der Waals surface area contributed by atoms with E-state index in [2.05, 4.69) is 21.7 Å². The molecule has 4 rings (SSSR count). The van der Waals surface area contributed by atoms with Crippen molar-refractivity contribution < 1.29 is 19.0 Å². The molecule has 164 valence electrons. The number of carbonyl (C=O) groups excluding carboxylic acids is 1. The summed E-state index contributed by atoms with van der Waals surface area (Å²) in [5, 5.41) is 6.84. The molecule has 2 aromatic rings. The van der Waals surface area contributed by atoms with Crippen LogP contribution in [0.4, 0.5) is 0 Å². The van der Waals surface area contributed by atoms with Crippen molar-refractivity contribution in [3.8, 4) is 17.2 Å². The first-order valence-corrected chi connectivity index (χ1v) is 10.5. The van der Waals surface area contributed by atoms with E-state index >= 15 is 0 Å². The van der Waals surface area contributed by atoms with E-state index in [1.54, 1.807) is 14.1 Å². The van der Waals surface area contributed by atoms with Crippen LogP contribution in [0.15, 0.2) is 47.5 Å². The Bertz CT molecular complexity index is 960. The maximum absolute atomic E-state index is 12.1. The van der Waals surface area contributed by atoms with Crippen molar-refractivity contribution in [1.82, 2.24) is 15.5 Å². The van der Waals surface area contributed by atoms with E-state index in [1.165, 1.54) is 4.90 Å². The van der Waals surface area contributed by atoms with Crippen molar-refractivity contribution in [3.63, 3.8) is 0 Å². The number of likely N-dealkylation sites (N-methyl/N-ethyl adjacent to an activating group) is 1. The Hall–Kier alpha value is -3.42. The summed E-state index contributed by atoms with van der Waals surface area (Å²) in [5.41, 5.74) is 2.23. The van der Waals surface area contributed by atoms with E-state index in [-0.39, 0.29) is 25.3 Å². The van der Waals surface area contributed by atoms with Crippen LogP contribution in [-0.4, -0.2) is 57.4 Å². The molecular weight excluding hydrogens is 396 g/mol.